The van der Waals surface area contributed by atoms with Gasteiger partial charge in [-0.15, -0.1) is 0 Å². The molecule has 1 fully saturated rings. The molecular formula is C26H35NO8S. The first-order valence-corrected chi connectivity index (χ1v) is 13.4. The van der Waals surface area contributed by atoms with Gasteiger partial charge in [-0.3, -0.25) is 4.90 Å². The van der Waals surface area contributed by atoms with E-state index in [0.29, 0.717) is 46.5 Å². The van der Waals surface area contributed by atoms with Crippen molar-refractivity contribution >= 4 is 15.9 Å². The van der Waals surface area contributed by atoms with Crippen LogP contribution in [-0.2, 0) is 20.3 Å². The van der Waals surface area contributed by atoms with Gasteiger partial charge in [-0.25, -0.2) is 8.42 Å². The van der Waals surface area contributed by atoms with Crippen molar-refractivity contribution in [3.05, 3.63) is 46.9 Å². The molecule has 0 N–H and O–H groups in total. The van der Waals surface area contributed by atoms with E-state index in [-0.39, 0.29) is 5.75 Å². The molecule has 0 aliphatic carbocycles. The zero-order valence-corrected chi connectivity index (χ0v) is 22.1. The lowest BCUT2D eigenvalue weighted by atomic mass is 10.1. The highest BCUT2D eigenvalue weighted by Crippen LogP contribution is 2.35. The molecule has 1 aliphatic rings. The third-order valence-electron chi connectivity index (χ3n) is 5.77. The predicted molar refractivity (Wildman–Crippen MR) is 138 cm³/mol. The van der Waals surface area contributed by atoms with E-state index in [1.165, 1.54) is 27.4 Å². The van der Waals surface area contributed by atoms with E-state index in [1.807, 2.05) is 0 Å². The molecule has 1 heterocycles. The Morgan fingerprint density at radius 1 is 0.889 bits per heavy atom. The van der Waals surface area contributed by atoms with Gasteiger partial charge in [-0.2, -0.15) is 0 Å². The van der Waals surface area contributed by atoms with Crippen molar-refractivity contribution in [1.29, 1.82) is 0 Å². The zero-order chi connectivity index (χ0) is 26.0. The van der Waals surface area contributed by atoms with Crippen molar-refractivity contribution in [2.45, 2.75) is 12.2 Å². The quantitative estimate of drug-likeness (QED) is 0.368. The summed E-state index contributed by atoms with van der Waals surface area (Å²) in [6, 6.07) is 8.50. The summed E-state index contributed by atoms with van der Waals surface area (Å²) in [7, 11) is 2.48. The normalized spacial score (nSPS) is 14.6. The van der Waals surface area contributed by atoms with Gasteiger partial charge in [0.2, 0.25) is 0 Å². The molecule has 1 saturated heterocycles. The van der Waals surface area contributed by atoms with Gasteiger partial charge in [0.25, 0.3) is 0 Å². The summed E-state index contributed by atoms with van der Waals surface area (Å²) in [4.78, 5) is 2.34. The number of nitrogens with zero attached hydrogens (tertiary/aromatic N) is 1. The second-order valence-corrected chi connectivity index (χ2v) is 10.1. The fourth-order valence-electron chi connectivity index (χ4n) is 3.87. The fourth-order valence-corrected chi connectivity index (χ4v) is 4.95. The van der Waals surface area contributed by atoms with Crippen molar-refractivity contribution in [3.63, 3.8) is 0 Å². The highest BCUT2D eigenvalue weighted by atomic mass is 32.2. The summed E-state index contributed by atoms with van der Waals surface area (Å²) < 4.78 is 58.6. The number of morpholine rings is 1. The molecular weight excluding hydrogens is 486 g/mol. The Hall–Kier alpha value is -2.95. The standard InChI is InChI=1S/C26H35NO8S/c1-30-21-17-24(32-3)22(25(18-21)33-4)8-15-36(28,29)19-20-6-7-23(31-2)26(16-20)35-12-5-9-27-10-13-34-14-11-27/h6-8,15-18H,5,9-14,19H2,1-4H3/b15-8+. The van der Waals surface area contributed by atoms with Crippen LogP contribution in [0, 0.1) is 0 Å². The van der Waals surface area contributed by atoms with Gasteiger partial charge in [0.05, 0.1) is 59.6 Å². The Bertz CT molecular complexity index is 1100. The number of benzene rings is 2. The molecule has 0 spiro atoms. The van der Waals surface area contributed by atoms with Gasteiger partial charge in [-0.1, -0.05) is 6.07 Å². The van der Waals surface area contributed by atoms with E-state index in [9.17, 15) is 8.42 Å². The van der Waals surface area contributed by atoms with Crippen molar-refractivity contribution in [3.8, 4) is 28.7 Å². The summed E-state index contributed by atoms with van der Waals surface area (Å²) in [6.07, 6.45) is 2.32. The van der Waals surface area contributed by atoms with Crippen molar-refractivity contribution in [1.82, 2.24) is 4.90 Å². The van der Waals surface area contributed by atoms with Crippen LogP contribution in [0.15, 0.2) is 35.7 Å². The number of hydrogen-bond donors (Lipinski definition) is 0. The summed E-state index contributed by atoms with van der Waals surface area (Å²) in [5.74, 6) is 2.31. The molecule has 0 amide bonds. The van der Waals surface area contributed by atoms with Gasteiger partial charge in [0.1, 0.15) is 17.2 Å². The maximum absolute atomic E-state index is 12.9. The van der Waals surface area contributed by atoms with Gasteiger partial charge >= 0.3 is 0 Å². The number of methoxy groups -OCH3 is 4. The maximum atomic E-state index is 12.9. The lowest BCUT2D eigenvalue weighted by Gasteiger charge is -2.26. The second-order valence-electron chi connectivity index (χ2n) is 8.20. The highest BCUT2D eigenvalue weighted by molar-refractivity contribution is 7.93. The van der Waals surface area contributed by atoms with E-state index in [1.54, 1.807) is 37.4 Å². The van der Waals surface area contributed by atoms with Crippen LogP contribution in [0.2, 0.25) is 0 Å². The number of hydrogen-bond acceptors (Lipinski definition) is 9. The Morgan fingerprint density at radius 2 is 1.56 bits per heavy atom. The van der Waals surface area contributed by atoms with Crippen LogP contribution >= 0.6 is 0 Å². The summed E-state index contributed by atoms with van der Waals surface area (Å²) in [5, 5.41) is 1.16. The average molecular weight is 522 g/mol. The van der Waals surface area contributed by atoms with Crippen molar-refractivity contribution < 1.29 is 36.8 Å². The summed E-state index contributed by atoms with van der Waals surface area (Å²) >= 11 is 0. The molecule has 10 heteroatoms. The molecule has 0 saturated carbocycles. The third kappa shape index (κ3) is 7.78. The highest BCUT2D eigenvalue weighted by Gasteiger charge is 2.15. The van der Waals surface area contributed by atoms with E-state index in [0.717, 1.165) is 44.7 Å². The molecule has 2 aromatic carbocycles. The molecule has 9 nitrogen and oxygen atoms in total. The first-order valence-electron chi connectivity index (χ1n) is 11.7. The number of ether oxygens (including phenoxy) is 6. The van der Waals surface area contributed by atoms with Crippen LogP contribution in [0.4, 0.5) is 0 Å². The Balaban J connectivity index is 1.68. The third-order valence-corrected chi connectivity index (χ3v) is 7.06. The molecule has 0 aromatic heterocycles. The first kappa shape index (κ1) is 27.6. The lowest BCUT2D eigenvalue weighted by molar-refractivity contribution is 0.0357. The first-order chi connectivity index (χ1) is 17.4. The molecule has 0 bridgehead atoms. The maximum Gasteiger partial charge on any atom is 0.175 e. The van der Waals surface area contributed by atoms with E-state index in [2.05, 4.69) is 4.90 Å². The molecule has 0 unspecified atom stereocenters. The molecule has 198 valence electrons. The number of sulfone groups is 1. The SMILES string of the molecule is COc1cc(OC)c(/C=C/S(=O)(=O)Cc2ccc(OC)c(OCCCN3CCOCC3)c2)c(OC)c1. The van der Waals surface area contributed by atoms with E-state index >= 15 is 0 Å². The molecule has 36 heavy (non-hydrogen) atoms. The van der Waals surface area contributed by atoms with Crippen LogP contribution in [0.5, 0.6) is 28.7 Å². The minimum atomic E-state index is -3.61. The lowest BCUT2D eigenvalue weighted by Crippen LogP contribution is -2.37. The van der Waals surface area contributed by atoms with Crippen LogP contribution < -0.4 is 23.7 Å². The topological polar surface area (TPSA) is 92.8 Å². The van der Waals surface area contributed by atoms with E-state index < -0.39 is 9.84 Å². The van der Waals surface area contributed by atoms with Gasteiger partial charge < -0.3 is 28.4 Å². The largest absolute Gasteiger partial charge is 0.496 e. The smallest absolute Gasteiger partial charge is 0.175 e. The van der Waals surface area contributed by atoms with Crippen LogP contribution in [0.25, 0.3) is 6.08 Å². The van der Waals surface area contributed by atoms with Gasteiger partial charge in [0, 0.05) is 37.2 Å². The minimum Gasteiger partial charge on any atom is -0.496 e. The van der Waals surface area contributed by atoms with Crippen LogP contribution in [-0.4, -0.2) is 81.2 Å². The van der Waals surface area contributed by atoms with Crippen LogP contribution in [0.1, 0.15) is 17.5 Å². The predicted octanol–water partition coefficient (Wildman–Crippen LogP) is 3.41. The zero-order valence-electron chi connectivity index (χ0n) is 21.3. The second kappa shape index (κ2) is 13.4. The monoisotopic (exact) mass is 521 g/mol. The Morgan fingerprint density at radius 3 is 2.17 bits per heavy atom. The summed E-state index contributed by atoms with van der Waals surface area (Å²) in [6.45, 7) is 4.80. The molecule has 0 atom stereocenters. The number of rotatable bonds is 13. The molecule has 1 aliphatic heterocycles. The molecule has 0 radical (unpaired) electrons. The molecule has 3 rings (SSSR count). The van der Waals surface area contributed by atoms with Gasteiger partial charge in [0.15, 0.2) is 21.3 Å². The average Bonchev–Trinajstić information content (AvgIpc) is 2.90. The molecule has 2 aromatic rings. The fraction of sp³-hybridized carbons (Fsp3) is 0.462. The Kier molecular flexibility index (Phi) is 10.3. The van der Waals surface area contributed by atoms with Crippen molar-refractivity contribution in [2.75, 3.05) is 67.9 Å². The minimum absolute atomic E-state index is 0.196. The van der Waals surface area contributed by atoms with E-state index in [4.69, 9.17) is 28.4 Å². The Labute approximate surface area is 213 Å². The summed E-state index contributed by atoms with van der Waals surface area (Å²) in [5.41, 5.74) is 1.10. The van der Waals surface area contributed by atoms with Crippen molar-refractivity contribution in [2.24, 2.45) is 0 Å². The van der Waals surface area contributed by atoms with Gasteiger partial charge in [-0.05, 0) is 30.2 Å². The van der Waals surface area contributed by atoms with Crippen LogP contribution in [0.3, 0.4) is 0 Å².